The van der Waals surface area contributed by atoms with Crippen molar-refractivity contribution in [1.82, 2.24) is 0 Å². The Morgan fingerprint density at radius 1 is 0.951 bits per heavy atom. The molecule has 5 rings (SSSR count). The van der Waals surface area contributed by atoms with Crippen LogP contribution >= 0.6 is 0 Å². The van der Waals surface area contributed by atoms with Gasteiger partial charge in [0.2, 0.25) is 0 Å². The second-order valence-electron chi connectivity index (χ2n) is 16.1. The molecule has 0 amide bonds. The van der Waals surface area contributed by atoms with Crippen LogP contribution in [0.5, 0.6) is 0 Å². The Labute approximate surface area is 250 Å². The molecule has 3 nitrogen and oxygen atoms in total. The molecule has 0 radical (unpaired) electrons. The molecule has 1 aromatic carbocycles. The predicted molar refractivity (Wildman–Crippen MR) is 172 cm³/mol. The minimum absolute atomic E-state index is 0.0595. The maximum atomic E-state index is 13.3. The van der Waals surface area contributed by atoms with E-state index in [-0.39, 0.29) is 28.3 Å². The summed E-state index contributed by atoms with van der Waals surface area (Å²) in [7, 11) is 0. The summed E-state index contributed by atoms with van der Waals surface area (Å²) in [6.45, 7) is 22.2. The smallest absolute Gasteiger partial charge is 0.340 e. The van der Waals surface area contributed by atoms with Crippen LogP contribution in [0, 0.1) is 38.9 Å². The van der Waals surface area contributed by atoms with Crippen LogP contribution in [0.3, 0.4) is 0 Å². The summed E-state index contributed by atoms with van der Waals surface area (Å²) in [6.07, 6.45) is 14.5. The summed E-state index contributed by atoms with van der Waals surface area (Å²) in [5.74, 6) is 1.30. The Morgan fingerprint density at radius 2 is 1.59 bits per heavy atom. The molecule has 0 saturated heterocycles. The van der Waals surface area contributed by atoms with Gasteiger partial charge in [0.05, 0.1) is 5.56 Å². The standard InChI is InChI=1S/C38H57NO2/c1-25(2)13-12-14-26(3)28-17-21-36(7)29-19-24-38(9)34(4,5)32(41-33(40)27-15-10-11-16-31(27)39)20-23-37(38,8)30(29)18-22-35(28,36)6/h10-11,13,15-16,26,28,32H,12,14,17-24,39H2,1-9H3/t26-,28-,32+,35-,36+,37-,38+/m1/s1. The number of hydrogen-bond acceptors (Lipinski definition) is 3. The summed E-state index contributed by atoms with van der Waals surface area (Å²) < 4.78 is 6.32. The number of carbonyl (C=O) groups excluding carboxylic acids is 1. The van der Waals surface area contributed by atoms with Gasteiger partial charge in [0.15, 0.2) is 0 Å². The van der Waals surface area contributed by atoms with E-state index in [0.717, 1.165) is 24.7 Å². The maximum Gasteiger partial charge on any atom is 0.340 e. The number of hydrogen-bond donors (Lipinski definition) is 1. The Hall–Kier alpha value is -2.03. The van der Waals surface area contributed by atoms with Crippen LogP contribution in [-0.2, 0) is 4.74 Å². The van der Waals surface area contributed by atoms with Gasteiger partial charge in [-0.3, -0.25) is 0 Å². The first-order valence-electron chi connectivity index (χ1n) is 16.5. The third kappa shape index (κ3) is 4.37. The van der Waals surface area contributed by atoms with Crippen molar-refractivity contribution in [3.63, 3.8) is 0 Å². The lowest BCUT2D eigenvalue weighted by atomic mass is 9.38. The van der Waals surface area contributed by atoms with Gasteiger partial charge in [0, 0.05) is 11.1 Å². The first-order chi connectivity index (χ1) is 19.1. The first kappa shape index (κ1) is 30.4. The van der Waals surface area contributed by atoms with E-state index in [0.29, 0.717) is 22.1 Å². The highest BCUT2D eigenvalue weighted by Gasteiger charge is 2.67. The molecule has 41 heavy (non-hydrogen) atoms. The Balaban J connectivity index is 1.42. The van der Waals surface area contributed by atoms with E-state index in [1.54, 1.807) is 17.7 Å². The number of anilines is 1. The average molecular weight is 560 g/mol. The molecule has 0 unspecified atom stereocenters. The zero-order valence-corrected chi connectivity index (χ0v) is 27.6. The van der Waals surface area contributed by atoms with Crippen molar-refractivity contribution in [3.8, 4) is 0 Å². The van der Waals surface area contributed by atoms with Gasteiger partial charge >= 0.3 is 5.97 Å². The van der Waals surface area contributed by atoms with E-state index in [2.05, 4.69) is 68.4 Å². The van der Waals surface area contributed by atoms with Crippen LogP contribution in [0.25, 0.3) is 0 Å². The third-order valence-electron chi connectivity index (χ3n) is 14.1. The zero-order chi connectivity index (χ0) is 30.0. The molecule has 3 heteroatoms. The second kappa shape index (κ2) is 10.3. The summed E-state index contributed by atoms with van der Waals surface area (Å²) in [5.41, 5.74) is 12.9. The largest absolute Gasteiger partial charge is 0.458 e. The van der Waals surface area contributed by atoms with Crippen molar-refractivity contribution < 1.29 is 9.53 Å². The van der Waals surface area contributed by atoms with E-state index < -0.39 is 0 Å². The predicted octanol–water partition coefficient (Wildman–Crippen LogP) is 10.3. The molecular weight excluding hydrogens is 502 g/mol. The Kier molecular flexibility index (Phi) is 7.65. The van der Waals surface area contributed by atoms with E-state index >= 15 is 0 Å². The van der Waals surface area contributed by atoms with Gasteiger partial charge in [-0.25, -0.2) is 4.79 Å². The summed E-state index contributed by atoms with van der Waals surface area (Å²) >= 11 is 0. The highest BCUT2D eigenvalue weighted by atomic mass is 16.5. The average Bonchev–Trinajstić information content (AvgIpc) is 3.18. The van der Waals surface area contributed by atoms with Gasteiger partial charge in [-0.05, 0) is 124 Å². The van der Waals surface area contributed by atoms with Crippen LogP contribution in [-0.4, -0.2) is 12.1 Å². The van der Waals surface area contributed by atoms with Crippen LogP contribution in [0.15, 0.2) is 47.1 Å². The van der Waals surface area contributed by atoms with E-state index in [4.69, 9.17) is 10.5 Å². The summed E-state index contributed by atoms with van der Waals surface area (Å²) in [4.78, 5) is 13.3. The topological polar surface area (TPSA) is 52.3 Å². The fourth-order valence-electron chi connectivity index (χ4n) is 10.7. The number of rotatable bonds is 6. The van der Waals surface area contributed by atoms with Crippen molar-refractivity contribution >= 4 is 11.7 Å². The summed E-state index contributed by atoms with van der Waals surface area (Å²) in [6, 6.07) is 7.30. The minimum Gasteiger partial charge on any atom is -0.458 e. The van der Waals surface area contributed by atoms with Gasteiger partial charge in [0.25, 0.3) is 0 Å². The van der Waals surface area contributed by atoms with Crippen molar-refractivity contribution in [1.29, 1.82) is 0 Å². The van der Waals surface area contributed by atoms with Crippen molar-refractivity contribution in [3.05, 3.63) is 52.6 Å². The lowest BCUT2D eigenvalue weighted by molar-refractivity contribution is -0.160. The second-order valence-corrected chi connectivity index (χ2v) is 16.1. The number of esters is 1. The molecule has 1 aromatic rings. The normalized spacial score (nSPS) is 38.4. The van der Waals surface area contributed by atoms with Gasteiger partial charge in [-0.2, -0.15) is 0 Å². The van der Waals surface area contributed by atoms with Gasteiger partial charge in [0.1, 0.15) is 6.10 Å². The quantitative estimate of drug-likeness (QED) is 0.214. The van der Waals surface area contributed by atoms with Gasteiger partial charge < -0.3 is 10.5 Å². The molecular formula is C38H57NO2. The van der Waals surface area contributed by atoms with Crippen LogP contribution in [0.1, 0.15) is 137 Å². The molecule has 2 saturated carbocycles. The lowest BCUT2D eigenvalue weighted by Crippen LogP contribution is -2.61. The lowest BCUT2D eigenvalue weighted by Gasteiger charge is -2.67. The van der Waals surface area contributed by atoms with E-state index in [1.807, 2.05) is 17.7 Å². The van der Waals surface area contributed by atoms with E-state index in [1.165, 1.54) is 56.9 Å². The van der Waals surface area contributed by atoms with Crippen molar-refractivity contribution in [2.45, 2.75) is 133 Å². The number of fused-ring (bicyclic) bond motifs is 4. The highest BCUT2D eigenvalue weighted by molar-refractivity contribution is 5.95. The molecule has 2 N–H and O–H groups in total. The Bertz CT molecular complexity index is 1250. The zero-order valence-electron chi connectivity index (χ0n) is 27.6. The number of ether oxygens (including phenoxy) is 1. The molecule has 4 aliphatic rings. The number of allylic oxidation sites excluding steroid dienone is 4. The Morgan fingerprint density at radius 3 is 2.27 bits per heavy atom. The highest BCUT2D eigenvalue weighted by Crippen LogP contribution is 2.75. The van der Waals surface area contributed by atoms with Gasteiger partial charge in [-0.1, -0.05) is 83.4 Å². The fraction of sp³-hybridized carbons (Fsp3) is 0.711. The monoisotopic (exact) mass is 559 g/mol. The number of carbonyl (C=O) groups is 1. The number of benzene rings is 1. The number of para-hydroxylation sites is 1. The molecule has 7 atom stereocenters. The van der Waals surface area contributed by atoms with Gasteiger partial charge in [-0.15, -0.1) is 0 Å². The van der Waals surface area contributed by atoms with Crippen LogP contribution < -0.4 is 5.73 Å². The number of nitrogen functional groups attached to an aromatic ring is 1. The van der Waals surface area contributed by atoms with Crippen LogP contribution in [0.4, 0.5) is 5.69 Å². The minimum atomic E-state index is -0.277. The molecule has 4 aliphatic carbocycles. The van der Waals surface area contributed by atoms with Crippen molar-refractivity contribution in [2.24, 2.45) is 38.9 Å². The number of nitrogens with two attached hydrogens (primary N) is 1. The molecule has 0 spiro atoms. The molecule has 0 heterocycles. The fourth-order valence-corrected chi connectivity index (χ4v) is 10.7. The molecule has 2 fully saturated rings. The summed E-state index contributed by atoms with van der Waals surface area (Å²) in [5, 5.41) is 0. The molecule has 0 aromatic heterocycles. The maximum absolute atomic E-state index is 13.3. The van der Waals surface area contributed by atoms with E-state index in [9.17, 15) is 4.79 Å². The first-order valence-corrected chi connectivity index (χ1v) is 16.5. The molecule has 0 aliphatic heterocycles. The van der Waals surface area contributed by atoms with Crippen LogP contribution in [0.2, 0.25) is 0 Å². The van der Waals surface area contributed by atoms with Crippen molar-refractivity contribution in [2.75, 3.05) is 5.73 Å². The molecule has 226 valence electrons. The molecule has 0 bridgehead atoms. The SMILES string of the molecule is CC(C)=CCC[C@@H](C)[C@H]1CC[C@@]2(C)C3=C(CC[C@]12C)[C@@]1(C)CC[C@H](OC(=O)c2ccccc2N)C(C)(C)[C@]1(C)CC3. The third-order valence-corrected chi connectivity index (χ3v) is 14.1.